The molecule has 0 spiro atoms. The number of aryl methyl sites for hydroxylation is 2. The zero-order chi connectivity index (χ0) is 11.8. The van der Waals surface area contributed by atoms with Crippen LogP contribution in [-0.2, 0) is 6.42 Å². The summed E-state index contributed by atoms with van der Waals surface area (Å²) in [5.74, 6) is 0.711. The van der Waals surface area contributed by atoms with Gasteiger partial charge in [0.15, 0.2) is 5.82 Å². The second-order valence-corrected chi connectivity index (χ2v) is 4.35. The highest BCUT2D eigenvalue weighted by Crippen LogP contribution is 2.26. The fourth-order valence-electron chi connectivity index (χ4n) is 2.02. The highest BCUT2D eigenvalue weighted by atomic mass is 15.2. The monoisotopic (exact) mass is 226 g/mol. The van der Waals surface area contributed by atoms with E-state index in [0.717, 1.165) is 29.9 Å². The average Bonchev–Trinajstić information content (AvgIpc) is 2.79. The molecular formula is C13H14N4. The predicted molar refractivity (Wildman–Crippen MR) is 66.9 cm³/mol. The van der Waals surface area contributed by atoms with Crippen LogP contribution in [0.4, 0.5) is 5.69 Å². The number of anilines is 1. The first-order valence-electron chi connectivity index (χ1n) is 5.79. The van der Waals surface area contributed by atoms with Crippen molar-refractivity contribution in [3.05, 3.63) is 35.2 Å². The van der Waals surface area contributed by atoms with Gasteiger partial charge in [0.1, 0.15) is 0 Å². The smallest absolute Gasteiger partial charge is 0.182 e. The van der Waals surface area contributed by atoms with Crippen molar-refractivity contribution in [3.8, 4) is 11.4 Å². The standard InChI is InChI=1S/C13H14N4/c1-8-9(2)16-17-13(15-8)11-3-4-12-10(7-11)5-6-14-12/h3-4,7,14H,5-6H2,1-2H3. The van der Waals surface area contributed by atoms with Crippen molar-refractivity contribution in [2.75, 3.05) is 11.9 Å². The summed E-state index contributed by atoms with van der Waals surface area (Å²) in [5, 5.41) is 11.6. The van der Waals surface area contributed by atoms with Gasteiger partial charge in [-0.05, 0) is 44.0 Å². The number of hydrogen-bond acceptors (Lipinski definition) is 4. The molecule has 3 rings (SSSR count). The van der Waals surface area contributed by atoms with Gasteiger partial charge in [0.2, 0.25) is 0 Å². The summed E-state index contributed by atoms with van der Waals surface area (Å²) in [4.78, 5) is 4.47. The maximum Gasteiger partial charge on any atom is 0.182 e. The van der Waals surface area contributed by atoms with E-state index in [9.17, 15) is 0 Å². The van der Waals surface area contributed by atoms with E-state index < -0.39 is 0 Å². The highest BCUT2D eigenvalue weighted by molar-refractivity contribution is 5.65. The van der Waals surface area contributed by atoms with Crippen LogP contribution in [0.5, 0.6) is 0 Å². The lowest BCUT2D eigenvalue weighted by Gasteiger charge is -2.04. The Morgan fingerprint density at radius 1 is 1.12 bits per heavy atom. The molecular weight excluding hydrogens is 212 g/mol. The van der Waals surface area contributed by atoms with E-state index in [4.69, 9.17) is 0 Å². The zero-order valence-corrected chi connectivity index (χ0v) is 9.99. The van der Waals surface area contributed by atoms with E-state index in [0.29, 0.717) is 5.82 Å². The minimum Gasteiger partial charge on any atom is -0.384 e. The van der Waals surface area contributed by atoms with Crippen molar-refractivity contribution < 1.29 is 0 Å². The fourth-order valence-corrected chi connectivity index (χ4v) is 2.02. The number of rotatable bonds is 1. The fraction of sp³-hybridized carbons (Fsp3) is 0.308. The summed E-state index contributed by atoms with van der Waals surface area (Å²) in [7, 11) is 0. The lowest BCUT2D eigenvalue weighted by atomic mass is 10.1. The average molecular weight is 226 g/mol. The molecule has 0 aliphatic carbocycles. The summed E-state index contributed by atoms with van der Waals surface area (Å²) >= 11 is 0. The van der Waals surface area contributed by atoms with Crippen LogP contribution in [0.1, 0.15) is 17.0 Å². The Morgan fingerprint density at radius 3 is 2.82 bits per heavy atom. The molecule has 0 radical (unpaired) electrons. The largest absolute Gasteiger partial charge is 0.384 e. The second kappa shape index (κ2) is 3.80. The SMILES string of the molecule is Cc1nnc(-c2ccc3c(c2)CCN3)nc1C. The number of nitrogens with one attached hydrogen (secondary N) is 1. The molecule has 0 unspecified atom stereocenters. The van der Waals surface area contributed by atoms with Crippen LogP contribution in [0.2, 0.25) is 0 Å². The number of hydrogen-bond donors (Lipinski definition) is 1. The minimum atomic E-state index is 0.711. The Kier molecular flexibility index (Phi) is 2.28. The molecule has 86 valence electrons. The molecule has 17 heavy (non-hydrogen) atoms. The first kappa shape index (κ1) is 10.2. The van der Waals surface area contributed by atoms with Crippen LogP contribution in [0, 0.1) is 13.8 Å². The molecule has 1 aromatic carbocycles. The quantitative estimate of drug-likeness (QED) is 0.809. The van der Waals surface area contributed by atoms with Crippen molar-refractivity contribution in [1.82, 2.24) is 15.2 Å². The molecule has 1 aromatic heterocycles. The van der Waals surface area contributed by atoms with Gasteiger partial charge in [0.25, 0.3) is 0 Å². The first-order valence-corrected chi connectivity index (χ1v) is 5.79. The summed E-state index contributed by atoms with van der Waals surface area (Å²) in [6.07, 6.45) is 1.07. The van der Waals surface area contributed by atoms with E-state index >= 15 is 0 Å². The molecule has 4 heteroatoms. The van der Waals surface area contributed by atoms with Gasteiger partial charge < -0.3 is 5.32 Å². The van der Waals surface area contributed by atoms with Gasteiger partial charge in [-0.25, -0.2) is 4.98 Å². The number of nitrogens with zero attached hydrogens (tertiary/aromatic N) is 3. The summed E-state index contributed by atoms with van der Waals surface area (Å²) < 4.78 is 0. The number of aromatic nitrogens is 3. The summed E-state index contributed by atoms with van der Waals surface area (Å²) in [6, 6.07) is 6.29. The topological polar surface area (TPSA) is 50.7 Å². The molecule has 1 aliphatic heterocycles. The molecule has 4 nitrogen and oxygen atoms in total. The minimum absolute atomic E-state index is 0.711. The lowest BCUT2D eigenvalue weighted by Crippen LogP contribution is -1.99. The van der Waals surface area contributed by atoms with Crippen molar-refractivity contribution in [1.29, 1.82) is 0 Å². The molecule has 0 saturated carbocycles. The van der Waals surface area contributed by atoms with Gasteiger partial charge in [0, 0.05) is 17.8 Å². The molecule has 1 N–H and O–H groups in total. The van der Waals surface area contributed by atoms with Gasteiger partial charge in [0.05, 0.1) is 11.4 Å². The lowest BCUT2D eigenvalue weighted by molar-refractivity contribution is 0.904. The van der Waals surface area contributed by atoms with Crippen molar-refractivity contribution in [2.45, 2.75) is 20.3 Å². The second-order valence-electron chi connectivity index (χ2n) is 4.35. The third-order valence-corrected chi connectivity index (χ3v) is 3.17. The maximum atomic E-state index is 4.47. The van der Waals surface area contributed by atoms with E-state index in [2.05, 4.69) is 32.6 Å². The Bertz CT molecular complexity index is 578. The van der Waals surface area contributed by atoms with Gasteiger partial charge in [-0.1, -0.05) is 0 Å². The van der Waals surface area contributed by atoms with Gasteiger partial charge in [-0.3, -0.25) is 0 Å². The Hall–Kier alpha value is -1.97. The van der Waals surface area contributed by atoms with Gasteiger partial charge in [-0.2, -0.15) is 5.10 Å². The van der Waals surface area contributed by atoms with Crippen molar-refractivity contribution >= 4 is 5.69 Å². The number of benzene rings is 1. The molecule has 0 amide bonds. The van der Waals surface area contributed by atoms with Crippen LogP contribution in [0.15, 0.2) is 18.2 Å². The van der Waals surface area contributed by atoms with Crippen LogP contribution in [0.3, 0.4) is 0 Å². The molecule has 2 heterocycles. The van der Waals surface area contributed by atoms with Crippen molar-refractivity contribution in [2.24, 2.45) is 0 Å². The molecule has 0 saturated heterocycles. The molecule has 2 aromatic rings. The number of fused-ring (bicyclic) bond motifs is 1. The van der Waals surface area contributed by atoms with Crippen LogP contribution >= 0.6 is 0 Å². The maximum absolute atomic E-state index is 4.47. The highest BCUT2D eigenvalue weighted by Gasteiger charge is 2.12. The zero-order valence-electron chi connectivity index (χ0n) is 9.99. The Labute approximate surface area is 100 Å². The van der Waals surface area contributed by atoms with Gasteiger partial charge in [-0.15, -0.1) is 5.10 Å². The van der Waals surface area contributed by atoms with Crippen LogP contribution in [-0.4, -0.2) is 21.7 Å². The van der Waals surface area contributed by atoms with Crippen LogP contribution < -0.4 is 5.32 Å². The normalized spacial score (nSPS) is 13.3. The van der Waals surface area contributed by atoms with Crippen LogP contribution in [0.25, 0.3) is 11.4 Å². The molecule has 1 aliphatic rings. The molecule has 0 atom stereocenters. The molecule has 0 bridgehead atoms. The van der Waals surface area contributed by atoms with Gasteiger partial charge >= 0.3 is 0 Å². The Morgan fingerprint density at radius 2 is 2.00 bits per heavy atom. The summed E-state index contributed by atoms with van der Waals surface area (Å²) in [5.41, 5.74) is 5.43. The predicted octanol–water partition coefficient (Wildman–Crippen LogP) is 2.12. The van der Waals surface area contributed by atoms with E-state index in [1.54, 1.807) is 0 Å². The van der Waals surface area contributed by atoms with E-state index in [1.807, 2.05) is 19.9 Å². The third kappa shape index (κ3) is 1.75. The first-order chi connectivity index (χ1) is 8.24. The van der Waals surface area contributed by atoms with E-state index in [-0.39, 0.29) is 0 Å². The van der Waals surface area contributed by atoms with E-state index in [1.165, 1.54) is 11.3 Å². The third-order valence-electron chi connectivity index (χ3n) is 3.17. The summed E-state index contributed by atoms with van der Waals surface area (Å²) in [6.45, 7) is 4.90. The molecule has 0 fully saturated rings. The Balaban J connectivity index is 2.06. The van der Waals surface area contributed by atoms with Crippen molar-refractivity contribution in [3.63, 3.8) is 0 Å².